The third-order valence-corrected chi connectivity index (χ3v) is 2.45. The molecule has 15 heavy (non-hydrogen) atoms. The Morgan fingerprint density at radius 2 is 1.53 bits per heavy atom. The van der Waals surface area contributed by atoms with Gasteiger partial charge in [0.25, 0.3) is 0 Å². The van der Waals surface area contributed by atoms with Crippen molar-refractivity contribution in [1.29, 1.82) is 0 Å². The molecule has 0 aliphatic carbocycles. The van der Waals surface area contributed by atoms with E-state index >= 15 is 0 Å². The molecule has 0 radical (unpaired) electrons. The SMILES string of the molecule is Sc1ccccc1C=Nc1ccccc1. The fraction of sp³-hybridized carbons (Fsp3) is 0. The Balaban J connectivity index is 2.23. The van der Waals surface area contributed by atoms with E-state index in [0.29, 0.717) is 0 Å². The molecule has 2 heteroatoms. The number of nitrogens with zero attached hydrogens (tertiary/aromatic N) is 1. The highest BCUT2D eigenvalue weighted by Gasteiger charge is 1.92. The lowest BCUT2D eigenvalue weighted by Gasteiger charge is -1.97. The Kier molecular flexibility index (Phi) is 3.20. The van der Waals surface area contributed by atoms with Gasteiger partial charge >= 0.3 is 0 Å². The highest BCUT2D eigenvalue weighted by atomic mass is 32.1. The molecule has 0 aliphatic rings. The van der Waals surface area contributed by atoms with Crippen LogP contribution in [0.1, 0.15) is 5.56 Å². The minimum atomic E-state index is 0.942. The normalized spacial score (nSPS) is 10.7. The molecule has 0 aliphatic heterocycles. The molecule has 0 saturated heterocycles. The number of hydrogen-bond acceptors (Lipinski definition) is 2. The number of rotatable bonds is 2. The van der Waals surface area contributed by atoms with E-state index in [1.54, 1.807) is 0 Å². The quantitative estimate of drug-likeness (QED) is 0.576. The first-order chi connectivity index (χ1) is 7.36. The Morgan fingerprint density at radius 3 is 2.27 bits per heavy atom. The topological polar surface area (TPSA) is 12.4 Å². The van der Waals surface area contributed by atoms with E-state index in [4.69, 9.17) is 0 Å². The van der Waals surface area contributed by atoms with Gasteiger partial charge in [-0.1, -0.05) is 36.4 Å². The summed E-state index contributed by atoms with van der Waals surface area (Å²) in [7, 11) is 0. The highest BCUT2D eigenvalue weighted by molar-refractivity contribution is 7.80. The fourth-order valence-corrected chi connectivity index (χ4v) is 1.47. The first-order valence-corrected chi connectivity index (χ1v) is 5.18. The lowest BCUT2D eigenvalue weighted by Crippen LogP contribution is -1.81. The second-order valence-electron chi connectivity index (χ2n) is 3.15. The maximum atomic E-state index is 4.36. The van der Waals surface area contributed by atoms with Crippen molar-refractivity contribution >= 4 is 24.5 Å². The maximum absolute atomic E-state index is 4.36. The van der Waals surface area contributed by atoms with Crippen molar-refractivity contribution in [3.05, 3.63) is 60.2 Å². The molecule has 0 fully saturated rings. The highest BCUT2D eigenvalue weighted by Crippen LogP contribution is 2.13. The van der Waals surface area contributed by atoms with Gasteiger partial charge in [-0.25, -0.2) is 0 Å². The van der Waals surface area contributed by atoms with Crippen LogP contribution in [-0.2, 0) is 0 Å². The molecule has 0 spiro atoms. The van der Waals surface area contributed by atoms with Crippen LogP contribution in [0.2, 0.25) is 0 Å². The molecule has 0 bridgehead atoms. The van der Waals surface area contributed by atoms with E-state index in [9.17, 15) is 0 Å². The Bertz CT molecular complexity index is 463. The zero-order valence-electron chi connectivity index (χ0n) is 8.17. The summed E-state index contributed by atoms with van der Waals surface area (Å²) in [5, 5.41) is 0. The van der Waals surface area contributed by atoms with Crippen LogP contribution in [0.5, 0.6) is 0 Å². The molecule has 1 nitrogen and oxygen atoms in total. The van der Waals surface area contributed by atoms with Crippen LogP contribution in [0.25, 0.3) is 0 Å². The summed E-state index contributed by atoms with van der Waals surface area (Å²) < 4.78 is 0. The van der Waals surface area contributed by atoms with Gasteiger partial charge in [-0.15, -0.1) is 12.6 Å². The largest absolute Gasteiger partial charge is 0.256 e. The number of benzene rings is 2. The molecule has 0 atom stereocenters. The summed E-state index contributed by atoms with van der Waals surface area (Å²) in [6.07, 6.45) is 1.83. The molecule has 0 aromatic heterocycles. The van der Waals surface area contributed by atoms with E-state index in [0.717, 1.165) is 16.1 Å². The Hall–Kier alpha value is -1.54. The first-order valence-electron chi connectivity index (χ1n) is 4.73. The monoisotopic (exact) mass is 213 g/mol. The summed E-state index contributed by atoms with van der Waals surface area (Å²) in [5.74, 6) is 0. The van der Waals surface area contributed by atoms with Gasteiger partial charge in [-0.3, -0.25) is 4.99 Å². The number of aliphatic imine (C=N–C) groups is 1. The zero-order chi connectivity index (χ0) is 10.5. The molecular formula is C13H11NS. The summed E-state index contributed by atoms with van der Waals surface area (Å²) >= 11 is 4.35. The van der Waals surface area contributed by atoms with Gasteiger partial charge in [-0.2, -0.15) is 0 Å². The predicted octanol–water partition coefficient (Wildman–Crippen LogP) is 3.73. The summed E-state index contributed by atoms with van der Waals surface area (Å²) in [6, 6.07) is 17.7. The Morgan fingerprint density at radius 1 is 0.867 bits per heavy atom. The van der Waals surface area contributed by atoms with E-state index in [1.807, 2.05) is 60.8 Å². The van der Waals surface area contributed by atoms with Crippen LogP contribution >= 0.6 is 12.6 Å². The smallest absolute Gasteiger partial charge is 0.0629 e. The van der Waals surface area contributed by atoms with Crippen molar-refractivity contribution in [1.82, 2.24) is 0 Å². The van der Waals surface area contributed by atoms with Gasteiger partial charge in [0.05, 0.1) is 5.69 Å². The van der Waals surface area contributed by atoms with E-state index in [-0.39, 0.29) is 0 Å². The van der Waals surface area contributed by atoms with Crippen molar-refractivity contribution in [2.24, 2.45) is 4.99 Å². The van der Waals surface area contributed by atoms with Gasteiger partial charge in [0.1, 0.15) is 0 Å². The van der Waals surface area contributed by atoms with Crippen molar-refractivity contribution in [2.45, 2.75) is 4.90 Å². The molecule has 0 saturated carbocycles. The lowest BCUT2D eigenvalue weighted by molar-refractivity contribution is 1.43. The molecule has 2 rings (SSSR count). The van der Waals surface area contributed by atoms with Gasteiger partial charge in [0.2, 0.25) is 0 Å². The molecular weight excluding hydrogens is 202 g/mol. The average molecular weight is 213 g/mol. The van der Waals surface area contributed by atoms with Crippen LogP contribution in [-0.4, -0.2) is 6.21 Å². The summed E-state index contributed by atoms with van der Waals surface area (Å²) in [5.41, 5.74) is 1.98. The van der Waals surface area contributed by atoms with Crippen LogP contribution in [0.4, 0.5) is 5.69 Å². The maximum Gasteiger partial charge on any atom is 0.0629 e. The number of hydrogen-bond donors (Lipinski definition) is 1. The van der Waals surface area contributed by atoms with Crippen molar-refractivity contribution < 1.29 is 0 Å². The molecule has 0 heterocycles. The molecule has 0 amide bonds. The van der Waals surface area contributed by atoms with E-state index in [2.05, 4.69) is 17.6 Å². The average Bonchev–Trinajstić information content (AvgIpc) is 2.29. The molecule has 74 valence electrons. The predicted molar refractivity (Wildman–Crippen MR) is 67.4 cm³/mol. The fourth-order valence-electron chi connectivity index (χ4n) is 1.25. The van der Waals surface area contributed by atoms with Gasteiger partial charge in [-0.05, 0) is 18.2 Å². The number of thiol groups is 1. The van der Waals surface area contributed by atoms with Crippen LogP contribution in [0.3, 0.4) is 0 Å². The van der Waals surface area contributed by atoms with Crippen LogP contribution < -0.4 is 0 Å². The summed E-state index contributed by atoms with van der Waals surface area (Å²) in [4.78, 5) is 5.31. The third-order valence-electron chi connectivity index (χ3n) is 2.05. The Labute approximate surface area is 94.9 Å². The van der Waals surface area contributed by atoms with E-state index in [1.165, 1.54) is 0 Å². The van der Waals surface area contributed by atoms with E-state index < -0.39 is 0 Å². The lowest BCUT2D eigenvalue weighted by atomic mass is 10.2. The first kappa shape index (κ1) is 9.99. The minimum absolute atomic E-state index is 0.942. The molecule has 2 aromatic carbocycles. The van der Waals surface area contributed by atoms with Gasteiger partial charge < -0.3 is 0 Å². The second-order valence-corrected chi connectivity index (χ2v) is 3.63. The summed E-state index contributed by atoms with van der Waals surface area (Å²) in [6.45, 7) is 0. The molecule has 0 N–H and O–H groups in total. The van der Waals surface area contributed by atoms with Crippen molar-refractivity contribution in [2.75, 3.05) is 0 Å². The van der Waals surface area contributed by atoms with Gasteiger partial charge in [0, 0.05) is 16.7 Å². The van der Waals surface area contributed by atoms with Crippen molar-refractivity contribution in [3.63, 3.8) is 0 Å². The second kappa shape index (κ2) is 4.80. The third kappa shape index (κ3) is 2.70. The van der Waals surface area contributed by atoms with Crippen molar-refractivity contribution in [3.8, 4) is 0 Å². The van der Waals surface area contributed by atoms with Crippen LogP contribution in [0.15, 0.2) is 64.5 Å². The zero-order valence-corrected chi connectivity index (χ0v) is 9.06. The molecule has 0 unspecified atom stereocenters. The molecule has 2 aromatic rings. The standard InChI is InChI=1S/C13H11NS/c15-13-9-5-4-6-11(13)10-14-12-7-2-1-3-8-12/h1-10,15H. The van der Waals surface area contributed by atoms with Gasteiger partial charge in [0.15, 0.2) is 0 Å². The minimum Gasteiger partial charge on any atom is -0.256 e. The number of para-hydroxylation sites is 1. The van der Waals surface area contributed by atoms with Crippen LogP contribution in [0, 0.1) is 0 Å².